The Hall–Kier alpha value is -2.61. The van der Waals surface area contributed by atoms with Gasteiger partial charge in [-0.1, -0.05) is 104 Å². The summed E-state index contributed by atoms with van der Waals surface area (Å²) < 4.78 is 0. The molecule has 0 bridgehead atoms. The molecular formula is C28H39O2-. The second-order valence-electron chi connectivity index (χ2n) is 6.74. The topological polar surface area (TPSA) is 40.1 Å². The van der Waals surface area contributed by atoms with Gasteiger partial charge in [0.15, 0.2) is 0 Å². The maximum Gasteiger partial charge on any atom is 0.0417 e. The minimum absolute atomic E-state index is 0.0960. The van der Waals surface area contributed by atoms with Crippen LogP contribution in [0.1, 0.15) is 71.1 Å². The summed E-state index contributed by atoms with van der Waals surface area (Å²) in [6, 6.07) is 0. The lowest BCUT2D eigenvalue weighted by atomic mass is 10.2. The molecule has 0 saturated carbocycles. The molecule has 0 N–H and O–H groups in total. The van der Waals surface area contributed by atoms with Gasteiger partial charge in [0.05, 0.1) is 0 Å². The van der Waals surface area contributed by atoms with Gasteiger partial charge in [-0.3, -0.25) is 0 Å². The quantitative estimate of drug-likeness (QED) is 0.227. The Balaban J connectivity index is 3.56. The van der Waals surface area contributed by atoms with E-state index in [9.17, 15) is 9.90 Å². The van der Waals surface area contributed by atoms with Crippen LogP contribution in [0.25, 0.3) is 0 Å². The third-order valence-corrected chi connectivity index (χ3v) is 3.99. The lowest BCUT2D eigenvalue weighted by Crippen LogP contribution is -2.21. The molecular weight excluding hydrogens is 368 g/mol. The van der Waals surface area contributed by atoms with Gasteiger partial charge in [-0.25, -0.2) is 0 Å². The normalized spacial score (nSPS) is 13.4. The lowest BCUT2D eigenvalue weighted by Gasteiger charge is -1.95. The Kier molecular flexibility index (Phi) is 22.3. The molecule has 0 rings (SSSR count). The summed E-state index contributed by atoms with van der Waals surface area (Å²) in [5.41, 5.74) is 0. The molecule has 0 radical (unpaired) electrons. The number of carbonyl (C=O) groups excluding carboxylic acids is 1. The molecule has 0 aromatic heterocycles. The van der Waals surface area contributed by atoms with E-state index >= 15 is 0 Å². The predicted octanol–water partition coefficient (Wildman–Crippen LogP) is 7.11. The van der Waals surface area contributed by atoms with Gasteiger partial charge in [0.2, 0.25) is 0 Å². The summed E-state index contributed by atoms with van der Waals surface area (Å²) in [6.07, 6.45) is 43.0. The van der Waals surface area contributed by atoms with E-state index in [-0.39, 0.29) is 6.42 Å². The molecule has 164 valence electrons. The highest BCUT2D eigenvalue weighted by atomic mass is 16.4. The van der Waals surface area contributed by atoms with Crippen molar-refractivity contribution in [3.63, 3.8) is 0 Å². The molecule has 0 amide bonds. The van der Waals surface area contributed by atoms with Crippen molar-refractivity contribution in [1.29, 1.82) is 0 Å². The monoisotopic (exact) mass is 407 g/mol. The number of rotatable bonds is 18. The SMILES string of the molecule is CC/C=C\C/C=C\C/C=C\C/C=C\C/C=C\C/C=C\C/C=C\C/C=C\CCC(=O)[O-]. The molecule has 0 unspecified atom stereocenters. The van der Waals surface area contributed by atoms with Crippen molar-refractivity contribution in [2.24, 2.45) is 0 Å². The van der Waals surface area contributed by atoms with Gasteiger partial charge < -0.3 is 9.90 Å². The van der Waals surface area contributed by atoms with Gasteiger partial charge >= 0.3 is 0 Å². The smallest absolute Gasteiger partial charge is 0.0417 e. The number of carboxylic acid groups (broad SMARTS) is 1. The first-order valence-corrected chi connectivity index (χ1v) is 11.2. The van der Waals surface area contributed by atoms with Crippen LogP contribution in [0.3, 0.4) is 0 Å². The Bertz CT molecular complexity index is 625. The highest BCUT2D eigenvalue weighted by Crippen LogP contribution is 1.98. The van der Waals surface area contributed by atoms with Crippen LogP contribution >= 0.6 is 0 Å². The summed E-state index contributed by atoms with van der Waals surface area (Å²) in [6.45, 7) is 2.15. The summed E-state index contributed by atoms with van der Waals surface area (Å²) in [4.78, 5) is 10.2. The second kappa shape index (κ2) is 24.4. The van der Waals surface area contributed by atoms with Crippen molar-refractivity contribution in [3.8, 4) is 0 Å². The fourth-order valence-electron chi connectivity index (χ4n) is 2.38. The molecule has 2 nitrogen and oxygen atoms in total. The maximum atomic E-state index is 10.2. The zero-order valence-corrected chi connectivity index (χ0v) is 18.6. The highest BCUT2D eigenvalue weighted by molar-refractivity contribution is 5.64. The molecule has 0 heterocycles. The van der Waals surface area contributed by atoms with E-state index < -0.39 is 5.97 Å². The van der Waals surface area contributed by atoms with E-state index in [1.165, 1.54) is 0 Å². The van der Waals surface area contributed by atoms with Crippen LogP contribution in [0.5, 0.6) is 0 Å². The van der Waals surface area contributed by atoms with E-state index in [1.54, 1.807) is 0 Å². The maximum absolute atomic E-state index is 10.2. The Morgan fingerprint density at radius 2 is 0.767 bits per heavy atom. The largest absolute Gasteiger partial charge is 0.550 e. The van der Waals surface area contributed by atoms with E-state index in [0.717, 1.165) is 51.4 Å². The Morgan fingerprint density at radius 1 is 0.500 bits per heavy atom. The average molecular weight is 408 g/mol. The van der Waals surface area contributed by atoms with Crippen molar-refractivity contribution >= 4 is 5.97 Å². The Morgan fingerprint density at radius 3 is 1.03 bits per heavy atom. The van der Waals surface area contributed by atoms with Crippen LogP contribution < -0.4 is 5.11 Å². The fraction of sp³-hybridized carbons (Fsp3) is 0.393. The number of allylic oxidation sites excluding steroid dienone is 16. The summed E-state index contributed by atoms with van der Waals surface area (Å²) in [7, 11) is 0. The summed E-state index contributed by atoms with van der Waals surface area (Å²) >= 11 is 0. The zero-order valence-electron chi connectivity index (χ0n) is 18.6. The number of carbonyl (C=O) groups is 1. The Labute approximate surface area is 184 Å². The molecule has 0 saturated heterocycles. The third-order valence-electron chi connectivity index (χ3n) is 3.99. The van der Waals surface area contributed by atoms with Gasteiger partial charge in [0, 0.05) is 5.97 Å². The molecule has 0 aromatic rings. The zero-order chi connectivity index (χ0) is 22.0. The number of hydrogen-bond donors (Lipinski definition) is 0. The van der Waals surface area contributed by atoms with Crippen molar-refractivity contribution in [2.75, 3.05) is 0 Å². The van der Waals surface area contributed by atoms with Gasteiger partial charge in [0.25, 0.3) is 0 Å². The van der Waals surface area contributed by atoms with E-state index in [1.807, 2.05) is 12.2 Å². The van der Waals surface area contributed by atoms with Crippen molar-refractivity contribution in [3.05, 3.63) is 97.2 Å². The van der Waals surface area contributed by atoms with Crippen molar-refractivity contribution in [2.45, 2.75) is 71.1 Å². The van der Waals surface area contributed by atoms with Crippen LogP contribution in [-0.4, -0.2) is 5.97 Å². The molecule has 0 aromatic carbocycles. The van der Waals surface area contributed by atoms with Gasteiger partial charge in [0.1, 0.15) is 0 Å². The average Bonchev–Trinajstić information content (AvgIpc) is 2.73. The standard InChI is InChI=1S/C28H40O2/c1-2-3-4-5-6-7-8-9-10-11-12-13-14-15-16-17-18-19-20-21-22-23-24-25-26-27-28(29)30/h3-4,6-7,9-10,12-13,15-16,18-19,21-22,24-25H,2,5,8,11,14,17,20,23,26-27H2,1H3,(H,29,30)/p-1/b4-3-,7-6-,10-9-,13-12-,16-15-,19-18-,22-21-,25-24-. The summed E-state index contributed by atoms with van der Waals surface area (Å²) in [5, 5.41) is 10.2. The van der Waals surface area contributed by atoms with E-state index in [0.29, 0.717) is 6.42 Å². The number of aliphatic carboxylic acids is 1. The fourth-order valence-corrected chi connectivity index (χ4v) is 2.38. The van der Waals surface area contributed by atoms with Crippen LogP contribution in [0.4, 0.5) is 0 Å². The highest BCUT2D eigenvalue weighted by Gasteiger charge is 1.81. The molecule has 0 aliphatic carbocycles. The first kappa shape index (κ1) is 27.4. The van der Waals surface area contributed by atoms with Crippen LogP contribution in [-0.2, 0) is 4.79 Å². The molecule has 2 heteroatoms. The van der Waals surface area contributed by atoms with Gasteiger partial charge in [-0.05, 0) is 64.2 Å². The minimum atomic E-state index is -0.993. The molecule has 0 atom stereocenters. The second-order valence-corrected chi connectivity index (χ2v) is 6.74. The number of hydrogen-bond acceptors (Lipinski definition) is 2. The predicted molar refractivity (Wildman–Crippen MR) is 130 cm³/mol. The van der Waals surface area contributed by atoms with Crippen LogP contribution in [0.2, 0.25) is 0 Å². The van der Waals surface area contributed by atoms with Gasteiger partial charge in [-0.15, -0.1) is 0 Å². The molecule has 0 aliphatic rings. The van der Waals surface area contributed by atoms with Gasteiger partial charge in [-0.2, -0.15) is 0 Å². The molecule has 30 heavy (non-hydrogen) atoms. The summed E-state index contributed by atoms with van der Waals surface area (Å²) in [5.74, 6) is -0.993. The van der Waals surface area contributed by atoms with Crippen molar-refractivity contribution < 1.29 is 9.90 Å². The van der Waals surface area contributed by atoms with E-state index in [2.05, 4.69) is 92.0 Å². The van der Waals surface area contributed by atoms with Crippen LogP contribution in [0, 0.1) is 0 Å². The molecule has 0 fully saturated rings. The first-order valence-electron chi connectivity index (χ1n) is 11.2. The van der Waals surface area contributed by atoms with Crippen LogP contribution in [0.15, 0.2) is 97.2 Å². The first-order chi connectivity index (χ1) is 14.8. The minimum Gasteiger partial charge on any atom is -0.550 e. The molecule has 0 spiro atoms. The van der Waals surface area contributed by atoms with E-state index in [4.69, 9.17) is 0 Å². The lowest BCUT2D eigenvalue weighted by molar-refractivity contribution is -0.305. The molecule has 0 aliphatic heterocycles. The third kappa shape index (κ3) is 25.4. The number of carboxylic acids is 1. The van der Waals surface area contributed by atoms with Crippen molar-refractivity contribution in [1.82, 2.24) is 0 Å².